The summed E-state index contributed by atoms with van der Waals surface area (Å²) in [6, 6.07) is 10.8. The molecule has 1 N–H and O–H groups in total. The van der Waals surface area contributed by atoms with Gasteiger partial charge in [0.25, 0.3) is 0 Å². The SMILES string of the molecule is CC(C)(C)CC(O)(COc1ccc(Cl)cc1)c1cccnc1. The first-order valence-corrected chi connectivity index (χ1v) is 7.68. The van der Waals surface area contributed by atoms with Crippen molar-refractivity contribution in [3.63, 3.8) is 0 Å². The molecule has 0 aliphatic carbocycles. The summed E-state index contributed by atoms with van der Waals surface area (Å²) in [6.45, 7) is 6.45. The molecular weight excluding hydrogens is 298 g/mol. The number of rotatable bonds is 5. The summed E-state index contributed by atoms with van der Waals surface area (Å²) in [4.78, 5) is 4.11. The number of hydrogen-bond acceptors (Lipinski definition) is 3. The smallest absolute Gasteiger partial charge is 0.125 e. The van der Waals surface area contributed by atoms with Crippen LogP contribution >= 0.6 is 11.6 Å². The number of halogens is 1. The molecule has 1 aromatic heterocycles. The highest BCUT2D eigenvalue weighted by atomic mass is 35.5. The molecule has 3 nitrogen and oxygen atoms in total. The standard InChI is InChI=1S/C18H22ClNO2/c1-17(2,3)12-18(21,14-5-4-10-20-11-14)13-22-16-8-6-15(19)7-9-16/h4-11,21H,12-13H2,1-3H3. The number of pyridine rings is 1. The number of aliphatic hydroxyl groups is 1. The largest absolute Gasteiger partial charge is 0.490 e. The molecule has 0 radical (unpaired) electrons. The van der Waals surface area contributed by atoms with E-state index in [0.717, 1.165) is 5.56 Å². The van der Waals surface area contributed by atoms with Crippen LogP contribution in [0, 0.1) is 5.41 Å². The van der Waals surface area contributed by atoms with Gasteiger partial charge in [0.2, 0.25) is 0 Å². The first-order valence-electron chi connectivity index (χ1n) is 7.30. The van der Waals surface area contributed by atoms with E-state index in [1.54, 1.807) is 36.7 Å². The summed E-state index contributed by atoms with van der Waals surface area (Å²) >= 11 is 5.87. The fraction of sp³-hybridized carbons (Fsp3) is 0.389. The summed E-state index contributed by atoms with van der Waals surface area (Å²) < 4.78 is 5.79. The van der Waals surface area contributed by atoms with Crippen molar-refractivity contribution in [3.8, 4) is 5.75 Å². The second-order valence-corrected chi connectivity index (χ2v) is 7.19. The van der Waals surface area contributed by atoms with E-state index in [4.69, 9.17) is 16.3 Å². The topological polar surface area (TPSA) is 42.4 Å². The van der Waals surface area contributed by atoms with Gasteiger partial charge in [0, 0.05) is 23.0 Å². The van der Waals surface area contributed by atoms with Crippen molar-refractivity contribution in [1.29, 1.82) is 0 Å². The second kappa shape index (κ2) is 6.67. The summed E-state index contributed by atoms with van der Waals surface area (Å²) in [5.41, 5.74) is -0.376. The van der Waals surface area contributed by atoms with Gasteiger partial charge in [-0.2, -0.15) is 0 Å². The zero-order valence-corrected chi connectivity index (χ0v) is 14.0. The molecule has 0 spiro atoms. The van der Waals surface area contributed by atoms with Gasteiger partial charge in [0.05, 0.1) is 0 Å². The molecular formula is C18H22ClNO2. The van der Waals surface area contributed by atoms with Gasteiger partial charge in [-0.25, -0.2) is 0 Å². The van der Waals surface area contributed by atoms with Gasteiger partial charge >= 0.3 is 0 Å². The quantitative estimate of drug-likeness (QED) is 0.886. The van der Waals surface area contributed by atoms with Crippen molar-refractivity contribution in [2.45, 2.75) is 32.8 Å². The number of nitrogens with zero attached hydrogens (tertiary/aromatic N) is 1. The van der Waals surface area contributed by atoms with Crippen molar-refractivity contribution < 1.29 is 9.84 Å². The van der Waals surface area contributed by atoms with Gasteiger partial charge in [-0.1, -0.05) is 38.4 Å². The van der Waals surface area contributed by atoms with Crippen molar-refractivity contribution >= 4 is 11.6 Å². The van der Waals surface area contributed by atoms with E-state index in [0.29, 0.717) is 17.2 Å². The average Bonchev–Trinajstić information content (AvgIpc) is 2.46. The summed E-state index contributed by atoms with van der Waals surface area (Å²) in [5, 5.41) is 11.8. The molecule has 0 saturated heterocycles. The molecule has 0 aliphatic heterocycles. The molecule has 2 aromatic rings. The van der Waals surface area contributed by atoms with E-state index in [-0.39, 0.29) is 12.0 Å². The molecule has 0 fully saturated rings. The van der Waals surface area contributed by atoms with E-state index in [2.05, 4.69) is 25.8 Å². The summed E-state index contributed by atoms with van der Waals surface area (Å²) in [6.07, 6.45) is 3.96. The number of hydrogen-bond donors (Lipinski definition) is 1. The highest BCUT2D eigenvalue weighted by Crippen LogP contribution is 2.35. The van der Waals surface area contributed by atoms with Crippen LogP contribution in [0.5, 0.6) is 5.75 Å². The van der Waals surface area contributed by atoms with Gasteiger partial charge in [-0.3, -0.25) is 4.98 Å². The number of benzene rings is 1. The van der Waals surface area contributed by atoms with Crippen LogP contribution in [0.15, 0.2) is 48.8 Å². The molecule has 1 atom stereocenters. The van der Waals surface area contributed by atoms with Gasteiger partial charge in [0.1, 0.15) is 18.0 Å². The molecule has 0 amide bonds. The predicted molar refractivity (Wildman–Crippen MR) is 89.2 cm³/mol. The van der Waals surface area contributed by atoms with Crippen LogP contribution in [-0.4, -0.2) is 16.7 Å². The molecule has 22 heavy (non-hydrogen) atoms. The third kappa shape index (κ3) is 4.72. The second-order valence-electron chi connectivity index (χ2n) is 6.75. The summed E-state index contributed by atoms with van der Waals surface area (Å²) in [5.74, 6) is 0.681. The minimum absolute atomic E-state index is 0.0477. The van der Waals surface area contributed by atoms with Crippen molar-refractivity contribution in [2.75, 3.05) is 6.61 Å². The van der Waals surface area contributed by atoms with Crippen LogP contribution in [0.2, 0.25) is 5.02 Å². The maximum absolute atomic E-state index is 11.1. The van der Waals surface area contributed by atoms with Gasteiger partial charge in [-0.15, -0.1) is 0 Å². The number of ether oxygens (including phenoxy) is 1. The molecule has 0 saturated carbocycles. The van der Waals surface area contributed by atoms with Crippen molar-refractivity contribution in [3.05, 3.63) is 59.4 Å². The Hall–Kier alpha value is -1.58. The molecule has 1 aromatic carbocycles. The van der Waals surface area contributed by atoms with Crippen molar-refractivity contribution in [2.24, 2.45) is 5.41 Å². The molecule has 4 heteroatoms. The first kappa shape index (κ1) is 16.8. The monoisotopic (exact) mass is 319 g/mol. The Labute approximate surface area is 136 Å². The van der Waals surface area contributed by atoms with Crippen LogP contribution in [0.1, 0.15) is 32.8 Å². The Morgan fingerprint density at radius 3 is 2.36 bits per heavy atom. The minimum atomic E-state index is -1.09. The van der Waals surface area contributed by atoms with Crippen LogP contribution in [-0.2, 0) is 5.60 Å². The van der Waals surface area contributed by atoms with E-state index < -0.39 is 5.60 Å². The molecule has 0 bridgehead atoms. The Balaban J connectivity index is 2.19. The highest BCUT2D eigenvalue weighted by Gasteiger charge is 2.35. The first-order chi connectivity index (χ1) is 10.3. The van der Waals surface area contributed by atoms with Gasteiger partial charge in [-0.05, 0) is 42.2 Å². The molecule has 1 unspecified atom stereocenters. The molecule has 2 rings (SSSR count). The van der Waals surface area contributed by atoms with E-state index in [1.807, 2.05) is 12.1 Å². The Bertz CT molecular complexity index is 593. The lowest BCUT2D eigenvalue weighted by atomic mass is 9.79. The van der Waals surface area contributed by atoms with Crippen LogP contribution in [0.4, 0.5) is 0 Å². The third-order valence-electron chi connectivity index (χ3n) is 3.31. The minimum Gasteiger partial charge on any atom is -0.490 e. The van der Waals surface area contributed by atoms with Crippen molar-refractivity contribution in [1.82, 2.24) is 4.98 Å². The Kier molecular flexibility index (Phi) is 5.09. The lowest BCUT2D eigenvalue weighted by Gasteiger charge is -2.34. The fourth-order valence-corrected chi connectivity index (χ4v) is 2.61. The maximum atomic E-state index is 11.1. The lowest BCUT2D eigenvalue weighted by molar-refractivity contribution is -0.0409. The maximum Gasteiger partial charge on any atom is 0.125 e. The van der Waals surface area contributed by atoms with E-state index >= 15 is 0 Å². The van der Waals surface area contributed by atoms with E-state index in [1.165, 1.54) is 0 Å². The molecule has 0 aliphatic rings. The predicted octanol–water partition coefficient (Wildman–Crippen LogP) is 4.44. The fourth-order valence-electron chi connectivity index (χ4n) is 2.49. The third-order valence-corrected chi connectivity index (χ3v) is 3.56. The average molecular weight is 320 g/mol. The van der Waals surface area contributed by atoms with Crippen LogP contribution in [0.3, 0.4) is 0 Å². The molecule has 1 heterocycles. The lowest BCUT2D eigenvalue weighted by Crippen LogP contribution is -2.37. The highest BCUT2D eigenvalue weighted by molar-refractivity contribution is 6.30. The van der Waals surface area contributed by atoms with E-state index in [9.17, 15) is 5.11 Å². The van der Waals surface area contributed by atoms with Gasteiger partial charge in [0.15, 0.2) is 0 Å². The van der Waals surface area contributed by atoms with Crippen LogP contribution < -0.4 is 4.74 Å². The summed E-state index contributed by atoms with van der Waals surface area (Å²) in [7, 11) is 0. The van der Waals surface area contributed by atoms with Gasteiger partial charge < -0.3 is 9.84 Å². The Morgan fingerprint density at radius 1 is 1.14 bits per heavy atom. The molecule has 118 valence electrons. The number of aromatic nitrogens is 1. The Morgan fingerprint density at radius 2 is 1.82 bits per heavy atom. The zero-order valence-electron chi connectivity index (χ0n) is 13.2. The normalized spacial score (nSPS) is 14.4. The van der Waals surface area contributed by atoms with Crippen LogP contribution in [0.25, 0.3) is 0 Å². The zero-order chi connectivity index (χ0) is 16.2.